The minimum absolute atomic E-state index is 0.0600. The molecule has 1 N–H and O–H groups in total. The molecule has 5 heteroatoms. The zero-order chi connectivity index (χ0) is 14.4. The van der Waals surface area contributed by atoms with E-state index in [0.29, 0.717) is 18.9 Å². The fraction of sp³-hybridized carbons (Fsp3) is 0.533. The molecular weight excluding hydrogens is 264 g/mol. The molecule has 1 amide bonds. The number of benzene rings is 1. The van der Waals surface area contributed by atoms with Gasteiger partial charge in [0.1, 0.15) is 5.75 Å². The Morgan fingerprint density at radius 1 is 1.25 bits per heavy atom. The van der Waals surface area contributed by atoms with E-state index in [1.165, 1.54) is 25.0 Å². The molecule has 2 rings (SSSR count). The fourth-order valence-corrected chi connectivity index (χ4v) is 2.54. The monoisotopic (exact) mass is 283 g/mol. The van der Waals surface area contributed by atoms with Crippen LogP contribution >= 0.6 is 0 Å². The highest BCUT2D eigenvalue weighted by atomic mass is 19.3. The highest BCUT2D eigenvalue weighted by molar-refractivity contribution is 5.76. The number of nitrogens with one attached hydrogen (secondary N) is 1. The van der Waals surface area contributed by atoms with Crippen molar-refractivity contribution in [2.24, 2.45) is 5.92 Å². The van der Waals surface area contributed by atoms with E-state index in [1.54, 1.807) is 12.1 Å². The van der Waals surface area contributed by atoms with Crippen LogP contribution in [0.15, 0.2) is 24.3 Å². The van der Waals surface area contributed by atoms with Crippen molar-refractivity contribution in [3.05, 3.63) is 29.8 Å². The lowest BCUT2D eigenvalue weighted by atomic mass is 10.0. The third-order valence-electron chi connectivity index (χ3n) is 3.59. The largest absolute Gasteiger partial charge is 0.435 e. The third-order valence-corrected chi connectivity index (χ3v) is 3.59. The molecule has 110 valence electrons. The van der Waals surface area contributed by atoms with Gasteiger partial charge in [0, 0.05) is 13.0 Å². The van der Waals surface area contributed by atoms with Gasteiger partial charge in [-0.15, -0.1) is 0 Å². The molecule has 0 heterocycles. The Balaban J connectivity index is 1.74. The summed E-state index contributed by atoms with van der Waals surface area (Å²) in [5.74, 6) is 0.711. The van der Waals surface area contributed by atoms with Crippen molar-refractivity contribution in [3.8, 4) is 5.75 Å². The zero-order valence-corrected chi connectivity index (χ0v) is 11.3. The second-order valence-electron chi connectivity index (χ2n) is 5.15. The molecule has 0 unspecified atom stereocenters. The van der Waals surface area contributed by atoms with Gasteiger partial charge in [0.05, 0.1) is 0 Å². The maximum absolute atomic E-state index is 12.0. The lowest BCUT2D eigenvalue weighted by Crippen LogP contribution is -2.24. The summed E-state index contributed by atoms with van der Waals surface area (Å²) in [6.45, 7) is -2.40. The highest BCUT2D eigenvalue weighted by Crippen LogP contribution is 2.27. The highest BCUT2D eigenvalue weighted by Gasteiger charge is 2.18. The van der Waals surface area contributed by atoms with Gasteiger partial charge in [-0.2, -0.15) is 8.78 Å². The predicted molar refractivity (Wildman–Crippen MR) is 71.5 cm³/mol. The minimum Gasteiger partial charge on any atom is -0.435 e. The van der Waals surface area contributed by atoms with Crippen LogP contribution in [0.5, 0.6) is 5.75 Å². The Bertz CT molecular complexity index is 428. The van der Waals surface area contributed by atoms with Crippen LogP contribution in [0.2, 0.25) is 0 Å². The molecule has 1 aromatic rings. The van der Waals surface area contributed by atoms with Crippen LogP contribution in [-0.4, -0.2) is 12.5 Å². The maximum Gasteiger partial charge on any atom is 0.387 e. The second kappa shape index (κ2) is 7.22. The maximum atomic E-state index is 12.0. The molecule has 1 fully saturated rings. The van der Waals surface area contributed by atoms with Crippen LogP contribution < -0.4 is 10.1 Å². The van der Waals surface area contributed by atoms with E-state index in [0.717, 1.165) is 18.4 Å². The molecule has 20 heavy (non-hydrogen) atoms. The molecule has 1 aliphatic rings. The number of hydrogen-bond acceptors (Lipinski definition) is 2. The summed E-state index contributed by atoms with van der Waals surface area (Å²) in [6, 6.07) is 6.30. The summed E-state index contributed by atoms with van der Waals surface area (Å²) >= 11 is 0. The van der Waals surface area contributed by atoms with Crippen molar-refractivity contribution in [2.45, 2.75) is 45.3 Å². The van der Waals surface area contributed by atoms with Crippen molar-refractivity contribution in [3.63, 3.8) is 0 Å². The van der Waals surface area contributed by atoms with E-state index >= 15 is 0 Å². The molecular formula is C15H19F2NO2. The topological polar surface area (TPSA) is 38.3 Å². The molecule has 0 radical (unpaired) electrons. The van der Waals surface area contributed by atoms with Gasteiger partial charge in [0.2, 0.25) is 5.91 Å². The van der Waals surface area contributed by atoms with Gasteiger partial charge in [-0.3, -0.25) is 4.79 Å². The zero-order valence-electron chi connectivity index (χ0n) is 11.3. The Morgan fingerprint density at radius 3 is 2.50 bits per heavy atom. The molecule has 0 bridgehead atoms. The first-order valence-corrected chi connectivity index (χ1v) is 6.94. The Kier molecular flexibility index (Phi) is 5.32. The van der Waals surface area contributed by atoms with Crippen molar-refractivity contribution < 1.29 is 18.3 Å². The lowest BCUT2D eigenvalue weighted by Gasteiger charge is -2.10. The van der Waals surface area contributed by atoms with Crippen molar-refractivity contribution in [1.29, 1.82) is 0 Å². The summed E-state index contributed by atoms with van der Waals surface area (Å²) in [5, 5.41) is 2.86. The number of carbonyl (C=O) groups is 1. The van der Waals surface area contributed by atoms with Crippen LogP contribution in [-0.2, 0) is 11.3 Å². The minimum atomic E-state index is -2.81. The summed E-state index contributed by atoms with van der Waals surface area (Å²) in [4.78, 5) is 11.7. The van der Waals surface area contributed by atoms with E-state index in [4.69, 9.17) is 0 Å². The summed E-state index contributed by atoms with van der Waals surface area (Å²) in [6.07, 6.45) is 5.33. The van der Waals surface area contributed by atoms with Crippen molar-refractivity contribution >= 4 is 5.91 Å². The normalized spacial score (nSPS) is 15.6. The van der Waals surface area contributed by atoms with E-state index in [-0.39, 0.29) is 11.7 Å². The number of hydrogen-bond donors (Lipinski definition) is 1. The summed E-state index contributed by atoms with van der Waals surface area (Å²) in [5.41, 5.74) is 0.867. The smallest absolute Gasteiger partial charge is 0.387 e. The van der Waals surface area contributed by atoms with Crippen molar-refractivity contribution in [1.82, 2.24) is 5.32 Å². The average Bonchev–Trinajstić information content (AvgIpc) is 2.90. The van der Waals surface area contributed by atoms with Gasteiger partial charge in [0.25, 0.3) is 0 Å². The third kappa shape index (κ3) is 4.79. The van der Waals surface area contributed by atoms with Gasteiger partial charge < -0.3 is 10.1 Å². The summed E-state index contributed by atoms with van der Waals surface area (Å²) in [7, 11) is 0. The molecule has 0 saturated heterocycles. The van der Waals surface area contributed by atoms with Crippen LogP contribution in [0.3, 0.4) is 0 Å². The Morgan fingerprint density at radius 2 is 1.90 bits per heavy atom. The van der Waals surface area contributed by atoms with Crippen LogP contribution in [0, 0.1) is 5.92 Å². The van der Waals surface area contributed by atoms with Gasteiger partial charge in [-0.1, -0.05) is 25.0 Å². The van der Waals surface area contributed by atoms with Crippen molar-refractivity contribution in [2.75, 3.05) is 0 Å². The van der Waals surface area contributed by atoms with E-state index < -0.39 is 6.61 Å². The number of ether oxygens (including phenoxy) is 1. The number of rotatable bonds is 6. The van der Waals surface area contributed by atoms with E-state index in [1.807, 2.05) is 0 Å². The predicted octanol–water partition coefficient (Wildman–Crippen LogP) is 3.48. The van der Waals surface area contributed by atoms with E-state index in [2.05, 4.69) is 10.1 Å². The Labute approximate surface area is 117 Å². The fourth-order valence-electron chi connectivity index (χ4n) is 2.54. The number of alkyl halides is 2. The van der Waals surface area contributed by atoms with Gasteiger partial charge >= 0.3 is 6.61 Å². The molecule has 3 nitrogen and oxygen atoms in total. The molecule has 0 aliphatic heterocycles. The molecule has 1 saturated carbocycles. The van der Waals surface area contributed by atoms with E-state index in [9.17, 15) is 13.6 Å². The van der Waals surface area contributed by atoms with Gasteiger partial charge in [-0.05, 0) is 36.5 Å². The number of halogens is 2. The molecule has 0 spiro atoms. The lowest BCUT2D eigenvalue weighted by molar-refractivity contribution is -0.122. The van der Waals surface area contributed by atoms with Gasteiger partial charge in [0.15, 0.2) is 0 Å². The standard InChI is InChI=1S/C15H19F2NO2/c16-15(17)20-13-7-5-12(6-8-13)10-18-14(19)9-11-3-1-2-4-11/h5-8,11,15H,1-4,9-10H2,(H,18,19). The number of amides is 1. The van der Waals surface area contributed by atoms with Crippen LogP contribution in [0.25, 0.3) is 0 Å². The molecule has 1 aliphatic carbocycles. The quantitative estimate of drug-likeness (QED) is 0.868. The van der Waals surface area contributed by atoms with Gasteiger partial charge in [-0.25, -0.2) is 0 Å². The average molecular weight is 283 g/mol. The van der Waals surface area contributed by atoms with Crippen LogP contribution in [0.4, 0.5) is 8.78 Å². The first-order valence-electron chi connectivity index (χ1n) is 6.94. The Hall–Kier alpha value is -1.65. The molecule has 0 aromatic heterocycles. The SMILES string of the molecule is O=C(CC1CCCC1)NCc1ccc(OC(F)F)cc1. The molecule has 0 atom stereocenters. The first-order chi connectivity index (χ1) is 9.63. The van der Waals surface area contributed by atoms with Crippen LogP contribution in [0.1, 0.15) is 37.7 Å². The number of carbonyl (C=O) groups excluding carboxylic acids is 1. The second-order valence-corrected chi connectivity index (χ2v) is 5.15. The summed E-state index contributed by atoms with van der Waals surface area (Å²) < 4.78 is 28.2. The first kappa shape index (κ1) is 14.8. The molecule has 1 aromatic carbocycles.